The van der Waals surface area contributed by atoms with Crippen LogP contribution in [0.15, 0.2) is 59.4 Å². The van der Waals surface area contributed by atoms with E-state index in [1.54, 1.807) is 17.6 Å². The number of carbonyl (C=O) groups is 2. The molecule has 0 saturated heterocycles. The van der Waals surface area contributed by atoms with Crippen LogP contribution in [0.5, 0.6) is 0 Å². The molecule has 5 rings (SSSR count). The Hall–Kier alpha value is -4.41. The fourth-order valence-electron chi connectivity index (χ4n) is 5.63. The number of nitrogens with one attached hydrogen (secondary N) is 1. The van der Waals surface area contributed by atoms with Crippen molar-refractivity contribution in [1.29, 1.82) is 0 Å². The minimum absolute atomic E-state index is 0.0123. The number of rotatable bonds is 10. The highest BCUT2D eigenvalue weighted by Crippen LogP contribution is 2.38. The molecule has 0 fully saturated rings. The van der Waals surface area contributed by atoms with E-state index in [-0.39, 0.29) is 36.2 Å². The van der Waals surface area contributed by atoms with Gasteiger partial charge in [0, 0.05) is 29.6 Å². The second-order valence-electron chi connectivity index (χ2n) is 11.0. The summed E-state index contributed by atoms with van der Waals surface area (Å²) >= 11 is 0. The van der Waals surface area contributed by atoms with E-state index in [9.17, 15) is 23.9 Å². The molecule has 2 N–H and O–H groups in total. The Balaban J connectivity index is 1.64. The number of nitrogens with zero attached hydrogens (tertiary/aromatic N) is 3. The number of hydrogen-bond donors (Lipinski definition) is 2. The molecule has 3 heterocycles. The fraction of sp³-hybridized carbons (Fsp3) is 0.333. The molecule has 2 aromatic carbocycles. The van der Waals surface area contributed by atoms with Crippen LogP contribution in [0, 0.1) is 5.82 Å². The lowest BCUT2D eigenvalue weighted by Crippen LogP contribution is -2.47. The monoisotopic (exact) mass is 586 g/mol. The molecule has 2 aromatic heterocycles. The van der Waals surface area contributed by atoms with Crippen molar-refractivity contribution < 1.29 is 23.8 Å². The largest absolute Gasteiger partial charge is 0.457 e. The Morgan fingerprint density at radius 1 is 1.12 bits per heavy atom. The molecule has 0 aliphatic carbocycles. The molecule has 0 bridgehead atoms. The normalized spacial score (nSPS) is 13.5. The zero-order valence-corrected chi connectivity index (χ0v) is 24.7. The average Bonchev–Trinajstić information content (AvgIpc) is 3.37. The van der Waals surface area contributed by atoms with Crippen LogP contribution in [0.2, 0.25) is 0 Å². The molecule has 0 saturated carbocycles. The summed E-state index contributed by atoms with van der Waals surface area (Å²) in [6.45, 7) is 4.29. The molecule has 0 radical (unpaired) electrons. The van der Waals surface area contributed by atoms with Crippen LogP contribution in [0.1, 0.15) is 52.9 Å². The highest BCUT2D eigenvalue weighted by molar-refractivity contribution is 5.90. The number of carbonyl (C=O) groups excluding carboxylic acids is 2. The summed E-state index contributed by atoms with van der Waals surface area (Å²) in [5.74, 6) is -1.93. The van der Waals surface area contributed by atoms with E-state index < -0.39 is 35.5 Å². The number of ether oxygens (including phenoxy) is 1. The van der Waals surface area contributed by atoms with E-state index in [0.29, 0.717) is 17.9 Å². The molecular weight excluding hydrogens is 551 g/mol. The Morgan fingerprint density at radius 3 is 2.51 bits per heavy atom. The van der Waals surface area contributed by atoms with Gasteiger partial charge in [0.25, 0.3) is 11.5 Å². The lowest BCUT2D eigenvalue weighted by molar-refractivity contribution is -0.141. The fourth-order valence-corrected chi connectivity index (χ4v) is 5.63. The second kappa shape index (κ2) is 12.1. The van der Waals surface area contributed by atoms with E-state index in [2.05, 4.69) is 5.32 Å². The quantitative estimate of drug-likeness (QED) is 0.240. The SMILES string of the molecule is CCc1c2c(nc3ccccc13)-c1cc([C@@](O)(CC)C(=O)NCCN(C)C)c(COC(=O)c3ccc(F)cc3)c(=O)n1C2. The number of aromatic nitrogens is 2. The number of likely N-dealkylation sites (N-methyl/N-ethyl adjacent to an activating group) is 1. The van der Waals surface area contributed by atoms with E-state index in [4.69, 9.17) is 9.72 Å². The third kappa shape index (κ3) is 5.55. The van der Waals surface area contributed by atoms with Gasteiger partial charge in [0.05, 0.1) is 34.6 Å². The van der Waals surface area contributed by atoms with E-state index in [1.165, 1.54) is 12.1 Å². The zero-order valence-electron chi connectivity index (χ0n) is 24.7. The molecule has 1 amide bonds. The standard InChI is InChI=1S/C33H35FN4O5/c1-5-22-23-9-7-8-10-27(23)36-29-24(22)18-38-28(29)17-26(33(42,6-2)32(41)35-15-16-37(3)4)25(30(38)39)19-43-31(40)20-11-13-21(34)14-12-20/h7-14,17,42H,5-6,15-16,18-19H2,1-4H3,(H,35,41)/t33-/m0/s1. The number of para-hydroxylation sites is 1. The van der Waals surface area contributed by atoms with E-state index in [0.717, 1.165) is 40.6 Å². The van der Waals surface area contributed by atoms with Crippen molar-refractivity contribution in [2.75, 3.05) is 27.2 Å². The topological polar surface area (TPSA) is 114 Å². The first-order valence-corrected chi connectivity index (χ1v) is 14.3. The summed E-state index contributed by atoms with van der Waals surface area (Å²) in [5, 5.41) is 15.7. The van der Waals surface area contributed by atoms with Gasteiger partial charge in [-0.3, -0.25) is 9.59 Å². The van der Waals surface area contributed by atoms with Crippen LogP contribution in [0.4, 0.5) is 4.39 Å². The van der Waals surface area contributed by atoms with Gasteiger partial charge in [-0.25, -0.2) is 14.2 Å². The summed E-state index contributed by atoms with van der Waals surface area (Å²) in [7, 11) is 3.73. The number of halogens is 1. The Morgan fingerprint density at radius 2 is 1.84 bits per heavy atom. The smallest absolute Gasteiger partial charge is 0.338 e. The first-order chi connectivity index (χ1) is 20.6. The van der Waals surface area contributed by atoms with Gasteiger partial charge in [0.15, 0.2) is 5.60 Å². The van der Waals surface area contributed by atoms with E-state index >= 15 is 0 Å². The number of pyridine rings is 2. The Bertz CT molecular complexity index is 1770. The molecule has 0 unspecified atom stereocenters. The summed E-state index contributed by atoms with van der Waals surface area (Å²) < 4.78 is 20.5. The van der Waals surface area contributed by atoms with Gasteiger partial charge in [0.2, 0.25) is 0 Å². The minimum atomic E-state index is -2.09. The molecule has 4 aromatic rings. The Labute approximate surface area is 248 Å². The number of aryl methyl sites for hydroxylation is 1. The summed E-state index contributed by atoms with van der Waals surface area (Å²) in [5.41, 5.74) is 1.43. The van der Waals surface area contributed by atoms with Crippen molar-refractivity contribution in [3.63, 3.8) is 0 Å². The average molecular weight is 587 g/mol. The van der Waals surface area contributed by atoms with Crippen LogP contribution < -0.4 is 10.9 Å². The molecule has 43 heavy (non-hydrogen) atoms. The molecule has 9 nitrogen and oxygen atoms in total. The molecule has 1 aliphatic heterocycles. The van der Waals surface area contributed by atoms with Gasteiger partial charge < -0.3 is 24.6 Å². The molecular formula is C33H35FN4O5. The van der Waals surface area contributed by atoms with Gasteiger partial charge in [-0.1, -0.05) is 32.0 Å². The number of aliphatic hydroxyl groups is 1. The summed E-state index contributed by atoms with van der Waals surface area (Å²) in [6, 6.07) is 14.3. The van der Waals surface area contributed by atoms with Crippen molar-refractivity contribution in [2.45, 2.75) is 45.4 Å². The van der Waals surface area contributed by atoms with Crippen molar-refractivity contribution in [3.8, 4) is 11.4 Å². The molecule has 224 valence electrons. The second-order valence-corrected chi connectivity index (χ2v) is 11.0. The first-order valence-electron chi connectivity index (χ1n) is 14.3. The summed E-state index contributed by atoms with van der Waals surface area (Å²) in [6.07, 6.45) is 0.678. The van der Waals surface area contributed by atoms with Crippen LogP contribution in [-0.2, 0) is 34.7 Å². The van der Waals surface area contributed by atoms with Crippen LogP contribution in [0.3, 0.4) is 0 Å². The van der Waals surface area contributed by atoms with Crippen molar-refractivity contribution in [3.05, 3.63) is 98.6 Å². The maximum atomic E-state index is 14.2. The summed E-state index contributed by atoms with van der Waals surface area (Å²) in [4.78, 5) is 47.3. The maximum Gasteiger partial charge on any atom is 0.338 e. The molecule has 1 atom stereocenters. The van der Waals surface area contributed by atoms with Crippen LogP contribution in [-0.4, -0.2) is 58.6 Å². The maximum absolute atomic E-state index is 14.2. The third-order valence-electron chi connectivity index (χ3n) is 8.03. The molecule has 0 spiro atoms. The predicted molar refractivity (Wildman–Crippen MR) is 161 cm³/mol. The number of esters is 1. The highest BCUT2D eigenvalue weighted by Gasteiger charge is 2.41. The number of amides is 1. The lowest BCUT2D eigenvalue weighted by Gasteiger charge is -2.29. The number of benzene rings is 2. The van der Waals surface area contributed by atoms with Gasteiger partial charge in [-0.15, -0.1) is 0 Å². The van der Waals surface area contributed by atoms with Crippen molar-refractivity contribution >= 4 is 22.8 Å². The van der Waals surface area contributed by atoms with Crippen LogP contribution >= 0.6 is 0 Å². The number of fused-ring (bicyclic) bond motifs is 4. The zero-order chi connectivity index (χ0) is 30.9. The van der Waals surface area contributed by atoms with E-state index in [1.807, 2.05) is 50.2 Å². The molecule has 10 heteroatoms. The van der Waals surface area contributed by atoms with Gasteiger partial charge in [0.1, 0.15) is 12.4 Å². The first kappa shape index (κ1) is 30.1. The molecule has 1 aliphatic rings. The predicted octanol–water partition coefficient (Wildman–Crippen LogP) is 3.76. The van der Waals surface area contributed by atoms with Crippen molar-refractivity contribution in [2.24, 2.45) is 0 Å². The van der Waals surface area contributed by atoms with Crippen molar-refractivity contribution in [1.82, 2.24) is 19.8 Å². The lowest BCUT2D eigenvalue weighted by atomic mass is 9.86. The minimum Gasteiger partial charge on any atom is -0.457 e. The highest BCUT2D eigenvalue weighted by atomic mass is 19.1. The van der Waals surface area contributed by atoms with Gasteiger partial charge in [-0.2, -0.15) is 0 Å². The Kier molecular flexibility index (Phi) is 8.43. The van der Waals surface area contributed by atoms with Gasteiger partial charge >= 0.3 is 5.97 Å². The number of hydrogen-bond acceptors (Lipinski definition) is 7. The van der Waals surface area contributed by atoms with Crippen LogP contribution in [0.25, 0.3) is 22.3 Å². The van der Waals surface area contributed by atoms with Gasteiger partial charge in [-0.05, 0) is 68.9 Å². The third-order valence-corrected chi connectivity index (χ3v) is 8.03.